The average molecular weight is 186 g/mol. The minimum atomic E-state index is -0.0944. The molecule has 2 heterocycles. The Balaban J connectivity index is 2.50. The van der Waals surface area contributed by atoms with E-state index in [-0.39, 0.29) is 5.56 Å². The van der Waals surface area contributed by atoms with Crippen LogP contribution in [0.5, 0.6) is 0 Å². The van der Waals surface area contributed by atoms with Gasteiger partial charge in [-0.15, -0.1) is 0 Å². The number of aromatic nitrogens is 2. The Bertz CT molecular complexity index is 485. The highest BCUT2D eigenvalue weighted by atomic mass is 16.1. The SMILES string of the molecule is Cc1ccc(-c2cccc(=O)[nH]2)cn1. The van der Waals surface area contributed by atoms with Crippen LogP contribution >= 0.6 is 0 Å². The minimum absolute atomic E-state index is 0.0944. The van der Waals surface area contributed by atoms with Gasteiger partial charge in [-0.1, -0.05) is 6.07 Å². The molecular formula is C11H10N2O. The predicted octanol–water partition coefficient (Wildman–Crippen LogP) is 1.75. The van der Waals surface area contributed by atoms with Gasteiger partial charge in [-0.2, -0.15) is 0 Å². The van der Waals surface area contributed by atoms with Crippen LogP contribution in [0.15, 0.2) is 41.3 Å². The third-order valence-electron chi connectivity index (χ3n) is 1.99. The molecule has 0 aromatic carbocycles. The highest BCUT2D eigenvalue weighted by molar-refractivity contribution is 5.57. The molecule has 2 aromatic heterocycles. The number of nitrogens with zero attached hydrogens (tertiary/aromatic N) is 1. The molecule has 0 saturated heterocycles. The summed E-state index contributed by atoms with van der Waals surface area (Å²) in [6.07, 6.45) is 1.75. The van der Waals surface area contributed by atoms with Crippen LogP contribution in [-0.4, -0.2) is 9.97 Å². The molecule has 2 rings (SSSR count). The summed E-state index contributed by atoms with van der Waals surface area (Å²) in [6.45, 7) is 1.93. The minimum Gasteiger partial charge on any atom is -0.322 e. The summed E-state index contributed by atoms with van der Waals surface area (Å²) in [5, 5.41) is 0. The zero-order valence-corrected chi connectivity index (χ0v) is 7.82. The molecule has 14 heavy (non-hydrogen) atoms. The molecule has 0 unspecified atom stereocenters. The van der Waals surface area contributed by atoms with Crippen molar-refractivity contribution in [3.63, 3.8) is 0 Å². The molecule has 0 bridgehead atoms. The molecule has 0 aliphatic heterocycles. The molecule has 0 aliphatic carbocycles. The van der Waals surface area contributed by atoms with Gasteiger partial charge < -0.3 is 4.98 Å². The predicted molar refractivity (Wildman–Crippen MR) is 55.0 cm³/mol. The summed E-state index contributed by atoms with van der Waals surface area (Å²) < 4.78 is 0. The Kier molecular flexibility index (Phi) is 2.14. The smallest absolute Gasteiger partial charge is 0.248 e. The van der Waals surface area contributed by atoms with E-state index in [1.165, 1.54) is 6.07 Å². The van der Waals surface area contributed by atoms with Crippen LogP contribution in [0.1, 0.15) is 5.69 Å². The van der Waals surface area contributed by atoms with Crippen LogP contribution in [-0.2, 0) is 0 Å². The number of aromatic amines is 1. The quantitative estimate of drug-likeness (QED) is 0.737. The van der Waals surface area contributed by atoms with E-state index >= 15 is 0 Å². The van der Waals surface area contributed by atoms with Crippen molar-refractivity contribution in [2.24, 2.45) is 0 Å². The number of H-pyrrole nitrogens is 1. The van der Waals surface area contributed by atoms with Crippen LogP contribution in [0, 0.1) is 6.92 Å². The maximum absolute atomic E-state index is 11.1. The fourth-order valence-electron chi connectivity index (χ4n) is 1.24. The van der Waals surface area contributed by atoms with Crippen molar-refractivity contribution in [1.29, 1.82) is 0 Å². The van der Waals surface area contributed by atoms with E-state index in [0.29, 0.717) is 0 Å². The van der Waals surface area contributed by atoms with Gasteiger partial charge in [-0.25, -0.2) is 0 Å². The van der Waals surface area contributed by atoms with Gasteiger partial charge in [0, 0.05) is 29.2 Å². The largest absolute Gasteiger partial charge is 0.322 e. The number of rotatable bonds is 1. The fourth-order valence-corrected chi connectivity index (χ4v) is 1.24. The van der Waals surface area contributed by atoms with Gasteiger partial charge in [0.05, 0.1) is 0 Å². The third-order valence-corrected chi connectivity index (χ3v) is 1.99. The van der Waals surface area contributed by atoms with Gasteiger partial charge in [0.1, 0.15) is 0 Å². The zero-order valence-electron chi connectivity index (χ0n) is 7.82. The number of hydrogen-bond acceptors (Lipinski definition) is 2. The molecule has 0 radical (unpaired) electrons. The molecule has 2 aromatic rings. The lowest BCUT2D eigenvalue weighted by Crippen LogP contribution is -2.03. The first-order valence-electron chi connectivity index (χ1n) is 4.38. The van der Waals surface area contributed by atoms with E-state index in [0.717, 1.165) is 17.0 Å². The average Bonchev–Trinajstić information content (AvgIpc) is 2.19. The maximum Gasteiger partial charge on any atom is 0.248 e. The third kappa shape index (κ3) is 1.71. The van der Waals surface area contributed by atoms with Crippen LogP contribution < -0.4 is 5.56 Å². The fraction of sp³-hybridized carbons (Fsp3) is 0.0909. The molecule has 0 saturated carbocycles. The van der Waals surface area contributed by atoms with Gasteiger partial charge in [-0.05, 0) is 25.1 Å². The summed E-state index contributed by atoms with van der Waals surface area (Å²) >= 11 is 0. The van der Waals surface area contributed by atoms with E-state index < -0.39 is 0 Å². The standard InChI is InChI=1S/C11H10N2O/c1-8-5-6-9(7-12-8)10-3-2-4-11(14)13-10/h2-7H,1H3,(H,13,14). The molecule has 0 amide bonds. The van der Waals surface area contributed by atoms with Crippen LogP contribution in [0.2, 0.25) is 0 Å². The highest BCUT2D eigenvalue weighted by Crippen LogP contribution is 2.13. The lowest BCUT2D eigenvalue weighted by atomic mass is 10.2. The van der Waals surface area contributed by atoms with Gasteiger partial charge >= 0.3 is 0 Å². The van der Waals surface area contributed by atoms with Crippen LogP contribution in [0.25, 0.3) is 11.3 Å². The van der Waals surface area contributed by atoms with E-state index in [9.17, 15) is 4.79 Å². The monoisotopic (exact) mass is 186 g/mol. The van der Waals surface area contributed by atoms with Gasteiger partial charge in [0.15, 0.2) is 0 Å². The van der Waals surface area contributed by atoms with Gasteiger partial charge in [0.2, 0.25) is 5.56 Å². The second-order valence-electron chi connectivity index (χ2n) is 3.12. The Morgan fingerprint density at radius 2 is 2.07 bits per heavy atom. The van der Waals surface area contributed by atoms with E-state index in [1.54, 1.807) is 12.3 Å². The van der Waals surface area contributed by atoms with Crippen LogP contribution in [0.3, 0.4) is 0 Å². The van der Waals surface area contributed by atoms with Crippen molar-refractivity contribution in [2.75, 3.05) is 0 Å². The van der Waals surface area contributed by atoms with Gasteiger partial charge in [0.25, 0.3) is 0 Å². The molecule has 1 N–H and O–H groups in total. The molecule has 0 aliphatic rings. The Hall–Kier alpha value is -1.90. The normalized spacial score (nSPS) is 10.1. The first kappa shape index (κ1) is 8.69. The van der Waals surface area contributed by atoms with Crippen molar-refractivity contribution >= 4 is 0 Å². The van der Waals surface area contributed by atoms with Crippen molar-refractivity contribution < 1.29 is 0 Å². The molecule has 0 spiro atoms. The number of nitrogens with one attached hydrogen (secondary N) is 1. The van der Waals surface area contributed by atoms with Crippen molar-refractivity contribution in [1.82, 2.24) is 9.97 Å². The number of aryl methyl sites for hydroxylation is 1. The molecule has 0 fully saturated rings. The van der Waals surface area contributed by atoms with Crippen molar-refractivity contribution in [2.45, 2.75) is 6.92 Å². The summed E-state index contributed by atoms with van der Waals surface area (Å²) in [4.78, 5) is 18.0. The lowest BCUT2D eigenvalue weighted by molar-refractivity contribution is 1.18. The second kappa shape index (κ2) is 3.46. The Labute approximate surface area is 81.5 Å². The van der Waals surface area contributed by atoms with E-state index in [1.807, 2.05) is 25.1 Å². The Morgan fingerprint density at radius 1 is 1.21 bits per heavy atom. The van der Waals surface area contributed by atoms with Gasteiger partial charge in [-0.3, -0.25) is 9.78 Å². The first-order valence-corrected chi connectivity index (χ1v) is 4.38. The lowest BCUT2D eigenvalue weighted by Gasteiger charge is -2.00. The maximum atomic E-state index is 11.1. The first-order chi connectivity index (χ1) is 6.75. The summed E-state index contributed by atoms with van der Waals surface area (Å²) in [6, 6.07) is 8.93. The highest BCUT2D eigenvalue weighted by Gasteiger charge is 1.97. The van der Waals surface area contributed by atoms with E-state index in [4.69, 9.17) is 0 Å². The topological polar surface area (TPSA) is 45.8 Å². The summed E-state index contributed by atoms with van der Waals surface area (Å²) in [5.41, 5.74) is 2.59. The molecule has 0 atom stereocenters. The second-order valence-corrected chi connectivity index (χ2v) is 3.12. The van der Waals surface area contributed by atoms with E-state index in [2.05, 4.69) is 9.97 Å². The molecular weight excluding hydrogens is 176 g/mol. The van der Waals surface area contributed by atoms with Crippen LogP contribution in [0.4, 0.5) is 0 Å². The van der Waals surface area contributed by atoms with Crippen molar-refractivity contribution in [3.05, 3.63) is 52.6 Å². The Morgan fingerprint density at radius 3 is 2.71 bits per heavy atom. The number of pyridine rings is 2. The van der Waals surface area contributed by atoms with Crippen molar-refractivity contribution in [3.8, 4) is 11.3 Å². The molecule has 70 valence electrons. The summed E-state index contributed by atoms with van der Waals surface area (Å²) in [7, 11) is 0. The summed E-state index contributed by atoms with van der Waals surface area (Å²) in [5.74, 6) is 0. The zero-order chi connectivity index (χ0) is 9.97. The molecule has 3 heteroatoms. The molecule has 3 nitrogen and oxygen atoms in total. The number of hydrogen-bond donors (Lipinski definition) is 1.